The third-order valence-electron chi connectivity index (χ3n) is 4.35. The van der Waals surface area contributed by atoms with Crippen molar-refractivity contribution in [2.75, 3.05) is 21.0 Å². The molecule has 0 amide bonds. The lowest BCUT2D eigenvalue weighted by Gasteiger charge is -2.26. The minimum atomic E-state index is -0.894. The molecule has 1 aromatic heterocycles. The Bertz CT molecular complexity index is 1070. The van der Waals surface area contributed by atoms with Gasteiger partial charge in [-0.1, -0.05) is 0 Å². The first kappa shape index (κ1) is 16.6. The minimum absolute atomic E-state index is 0.0128. The lowest BCUT2D eigenvalue weighted by molar-refractivity contribution is 0.168. The van der Waals surface area contributed by atoms with Crippen molar-refractivity contribution in [2.24, 2.45) is 5.73 Å². The maximum atomic E-state index is 12.5. The summed E-state index contributed by atoms with van der Waals surface area (Å²) >= 11 is 0. The van der Waals surface area contributed by atoms with Gasteiger partial charge in [0.15, 0.2) is 11.5 Å². The second-order valence-electron chi connectivity index (χ2n) is 5.64. The van der Waals surface area contributed by atoms with Crippen LogP contribution in [0.3, 0.4) is 0 Å². The predicted octanol–water partition coefficient (Wildman–Crippen LogP) is 0.734. The molecule has 3 N–H and O–H groups in total. The highest BCUT2D eigenvalue weighted by molar-refractivity contribution is 5.68. The summed E-state index contributed by atoms with van der Waals surface area (Å²) in [6.45, 7) is -0.0128. The number of nitrogens with two attached hydrogens (primary N) is 1. The Morgan fingerprint density at radius 2 is 2.11 bits per heavy atom. The average molecular weight is 370 g/mol. The normalized spacial score (nSPS) is 17.0. The van der Waals surface area contributed by atoms with Crippen LogP contribution in [0.5, 0.6) is 28.9 Å². The van der Waals surface area contributed by atoms with Crippen molar-refractivity contribution in [1.29, 1.82) is 5.26 Å². The zero-order valence-electron chi connectivity index (χ0n) is 14.4. The second kappa shape index (κ2) is 6.14. The smallest absolute Gasteiger partial charge is 0.258 e. The van der Waals surface area contributed by atoms with Crippen molar-refractivity contribution in [1.82, 2.24) is 9.97 Å². The molecule has 1 atom stereocenters. The average Bonchev–Trinajstić information content (AvgIpc) is 3.15. The molecular formula is C17H14N4O6. The Hall–Kier alpha value is -3.87. The van der Waals surface area contributed by atoms with Crippen molar-refractivity contribution < 1.29 is 23.7 Å². The Morgan fingerprint density at radius 1 is 1.33 bits per heavy atom. The number of H-pyrrole nitrogens is 1. The number of rotatable bonds is 3. The lowest BCUT2D eigenvalue weighted by atomic mass is 9.84. The van der Waals surface area contributed by atoms with Gasteiger partial charge >= 0.3 is 0 Å². The Labute approximate surface area is 152 Å². The second-order valence-corrected chi connectivity index (χ2v) is 5.64. The third kappa shape index (κ3) is 2.32. The van der Waals surface area contributed by atoms with Crippen LogP contribution >= 0.6 is 0 Å². The van der Waals surface area contributed by atoms with Crippen LogP contribution in [0.2, 0.25) is 0 Å². The number of nitriles is 1. The van der Waals surface area contributed by atoms with Crippen LogP contribution in [-0.2, 0) is 0 Å². The van der Waals surface area contributed by atoms with Crippen LogP contribution < -0.4 is 35.0 Å². The highest BCUT2D eigenvalue weighted by Crippen LogP contribution is 2.54. The molecule has 2 aliphatic rings. The van der Waals surface area contributed by atoms with Crippen molar-refractivity contribution >= 4 is 0 Å². The maximum Gasteiger partial charge on any atom is 0.258 e. The zero-order valence-corrected chi connectivity index (χ0v) is 14.4. The number of hydrogen-bond donors (Lipinski definition) is 2. The number of hydrogen-bond acceptors (Lipinski definition) is 9. The molecule has 1 aromatic carbocycles. The monoisotopic (exact) mass is 370 g/mol. The largest absolute Gasteiger partial charge is 0.493 e. The molecule has 0 spiro atoms. The third-order valence-corrected chi connectivity index (χ3v) is 4.35. The SMILES string of the molecule is COc1cc(C2C(C#N)=C(N)Oc3nc[nH]c(=O)c32)c(OC)c2c1OCO2. The molecule has 1 unspecified atom stereocenters. The van der Waals surface area contributed by atoms with Gasteiger partial charge in [0.25, 0.3) is 5.56 Å². The first-order valence-corrected chi connectivity index (χ1v) is 7.80. The fourth-order valence-electron chi connectivity index (χ4n) is 3.22. The molecule has 138 valence electrons. The fraction of sp³-hybridized carbons (Fsp3) is 0.235. The summed E-state index contributed by atoms with van der Waals surface area (Å²) in [5.41, 5.74) is 6.04. The first-order chi connectivity index (χ1) is 13.1. The number of benzene rings is 1. The number of fused-ring (bicyclic) bond motifs is 2. The van der Waals surface area contributed by atoms with Gasteiger partial charge in [0, 0.05) is 5.56 Å². The quantitative estimate of drug-likeness (QED) is 0.799. The van der Waals surface area contributed by atoms with E-state index < -0.39 is 11.5 Å². The van der Waals surface area contributed by atoms with Crippen LogP contribution in [0.25, 0.3) is 0 Å². The van der Waals surface area contributed by atoms with Gasteiger partial charge in [-0.05, 0) is 6.07 Å². The van der Waals surface area contributed by atoms with E-state index in [1.165, 1.54) is 20.5 Å². The lowest BCUT2D eigenvalue weighted by Crippen LogP contribution is -2.28. The predicted molar refractivity (Wildman–Crippen MR) is 89.8 cm³/mol. The van der Waals surface area contributed by atoms with E-state index in [2.05, 4.69) is 9.97 Å². The molecule has 2 aromatic rings. The fourth-order valence-corrected chi connectivity index (χ4v) is 3.22. The molecule has 27 heavy (non-hydrogen) atoms. The van der Waals surface area contributed by atoms with Crippen LogP contribution in [0.4, 0.5) is 0 Å². The highest BCUT2D eigenvalue weighted by Gasteiger charge is 2.39. The number of nitrogens with zero attached hydrogens (tertiary/aromatic N) is 2. The number of methoxy groups -OCH3 is 2. The minimum Gasteiger partial charge on any atom is -0.493 e. The summed E-state index contributed by atoms with van der Waals surface area (Å²) < 4.78 is 27.2. The molecular weight excluding hydrogens is 356 g/mol. The summed E-state index contributed by atoms with van der Waals surface area (Å²) in [5, 5.41) is 9.66. The summed E-state index contributed by atoms with van der Waals surface area (Å²) in [5.74, 6) is 0.324. The summed E-state index contributed by atoms with van der Waals surface area (Å²) in [4.78, 5) is 19.0. The number of allylic oxidation sites excluding steroid dienone is 1. The van der Waals surface area contributed by atoms with Gasteiger partial charge < -0.3 is 34.4 Å². The van der Waals surface area contributed by atoms with Crippen molar-refractivity contribution in [2.45, 2.75) is 5.92 Å². The Kier molecular flexibility index (Phi) is 3.77. The highest BCUT2D eigenvalue weighted by atomic mass is 16.7. The van der Waals surface area contributed by atoms with Gasteiger partial charge in [-0.15, -0.1) is 0 Å². The molecule has 0 radical (unpaired) electrons. The van der Waals surface area contributed by atoms with E-state index in [0.717, 1.165) is 0 Å². The molecule has 0 saturated heterocycles. The van der Waals surface area contributed by atoms with Gasteiger partial charge in [0.05, 0.1) is 32.0 Å². The van der Waals surface area contributed by atoms with Crippen LogP contribution in [0.15, 0.2) is 28.6 Å². The first-order valence-electron chi connectivity index (χ1n) is 7.80. The molecule has 4 rings (SSSR count). The summed E-state index contributed by atoms with van der Waals surface area (Å²) in [7, 11) is 2.91. The molecule has 10 nitrogen and oxygen atoms in total. The van der Waals surface area contributed by atoms with E-state index in [4.69, 9.17) is 29.4 Å². The van der Waals surface area contributed by atoms with Crippen molar-refractivity contribution in [3.05, 3.63) is 45.3 Å². The number of aromatic amines is 1. The van der Waals surface area contributed by atoms with E-state index in [-0.39, 0.29) is 29.7 Å². The standard InChI is InChI=1S/C17H14N4O6/c1-23-9-3-7(12(24-2)14-13(9)25-6-26-14)10-8(4-18)15(19)27-17-11(10)16(22)20-5-21-17/h3,5,10H,6,19H2,1-2H3,(H,20,21,22). The number of aromatic nitrogens is 2. The van der Waals surface area contributed by atoms with E-state index >= 15 is 0 Å². The van der Waals surface area contributed by atoms with E-state index in [9.17, 15) is 10.1 Å². The van der Waals surface area contributed by atoms with Gasteiger partial charge in [-0.2, -0.15) is 5.26 Å². The van der Waals surface area contributed by atoms with Crippen LogP contribution in [-0.4, -0.2) is 31.0 Å². The summed E-state index contributed by atoms with van der Waals surface area (Å²) in [6, 6.07) is 3.62. The van der Waals surface area contributed by atoms with Gasteiger partial charge in [-0.3, -0.25) is 4.79 Å². The van der Waals surface area contributed by atoms with Gasteiger partial charge in [-0.25, -0.2) is 4.98 Å². The van der Waals surface area contributed by atoms with E-state index in [0.29, 0.717) is 28.6 Å². The van der Waals surface area contributed by atoms with Crippen LogP contribution in [0.1, 0.15) is 17.0 Å². The van der Waals surface area contributed by atoms with E-state index in [1.807, 2.05) is 6.07 Å². The Morgan fingerprint density at radius 3 is 2.81 bits per heavy atom. The zero-order chi connectivity index (χ0) is 19.1. The molecule has 3 heterocycles. The summed E-state index contributed by atoms with van der Waals surface area (Å²) in [6.07, 6.45) is 1.19. The number of nitrogens with one attached hydrogen (secondary N) is 1. The molecule has 2 aliphatic heterocycles. The molecule has 0 aliphatic carbocycles. The Balaban J connectivity index is 2.07. The van der Waals surface area contributed by atoms with Gasteiger partial charge in [0.2, 0.25) is 30.1 Å². The van der Waals surface area contributed by atoms with E-state index in [1.54, 1.807) is 6.07 Å². The molecule has 0 bridgehead atoms. The molecule has 0 saturated carbocycles. The molecule has 0 fully saturated rings. The maximum absolute atomic E-state index is 12.5. The van der Waals surface area contributed by atoms with Crippen molar-refractivity contribution in [3.63, 3.8) is 0 Å². The van der Waals surface area contributed by atoms with Crippen LogP contribution in [0, 0.1) is 11.3 Å². The molecule has 10 heteroatoms. The topological polar surface area (TPSA) is 142 Å². The van der Waals surface area contributed by atoms with Crippen molar-refractivity contribution in [3.8, 4) is 34.9 Å². The number of ether oxygens (including phenoxy) is 5. The van der Waals surface area contributed by atoms with Gasteiger partial charge in [0.1, 0.15) is 11.6 Å².